The number of hydrogen-bond acceptors (Lipinski definition) is 5. The summed E-state index contributed by atoms with van der Waals surface area (Å²) in [5.41, 5.74) is -2.88. The summed E-state index contributed by atoms with van der Waals surface area (Å²) in [4.78, 5) is 28.1. The van der Waals surface area contributed by atoms with Gasteiger partial charge in [-0.2, -0.15) is 13.2 Å². The van der Waals surface area contributed by atoms with Gasteiger partial charge < -0.3 is 15.3 Å². The first kappa shape index (κ1) is 25.7. The van der Waals surface area contributed by atoms with Crippen molar-refractivity contribution in [3.8, 4) is 0 Å². The second kappa shape index (κ2) is 8.52. The molecule has 2 saturated carbocycles. The largest absolute Gasteiger partial charge is 0.416 e. The number of nitrogens with zero attached hydrogens (tertiary/aromatic N) is 1. The number of carbonyl (C=O) groups excluding carboxylic acids is 2. The fourth-order valence-electron chi connectivity index (χ4n) is 5.09. The Labute approximate surface area is 210 Å². The van der Waals surface area contributed by atoms with E-state index in [2.05, 4.69) is 5.32 Å². The highest BCUT2D eigenvalue weighted by atomic mass is 32.2. The molecule has 1 saturated heterocycles. The van der Waals surface area contributed by atoms with Gasteiger partial charge in [0.1, 0.15) is 11.9 Å². The number of carbonyl (C=O) groups is 2. The van der Waals surface area contributed by atoms with Crippen LogP contribution in [-0.4, -0.2) is 54.2 Å². The van der Waals surface area contributed by atoms with Crippen LogP contribution < -0.4 is 5.32 Å². The molecule has 0 bridgehead atoms. The third-order valence-corrected chi connectivity index (χ3v) is 8.49. The Kier molecular flexibility index (Phi) is 5.91. The Morgan fingerprint density at radius 1 is 1.14 bits per heavy atom. The molecule has 37 heavy (non-hydrogen) atoms. The summed E-state index contributed by atoms with van der Waals surface area (Å²) in [6.07, 6.45) is -2.29. The van der Waals surface area contributed by atoms with E-state index in [4.69, 9.17) is 0 Å². The van der Waals surface area contributed by atoms with E-state index < -0.39 is 56.9 Å². The number of hydrogen-bond donors (Lipinski definition) is 2. The van der Waals surface area contributed by atoms with Crippen LogP contribution in [0.2, 0.25) is 0 Å². The fourth-order valence-corrected chi connectivity index (χ4v) is 5.75. The number of aliphatic hydroxyl groups is 1. The molecule has 2 aromatic carbocycles. The number of rotatable bonds is 6. The van der Waals surface area contributed by atoms with Crippen molar-refractivity contribution in [2.45, 2.75) is 60.5 Å². The zero-order chi connectivity index (χ0) is 26.9. The molecular formula is C25H24F4N2O5S. The standard InChI is InChI=1S/C25H24F4N2O5S/c1-37(35,36)16-4-2-3-13(9-16)23(33)31-19-10-14(19)11-20(31)22(32)30-21(24(34)7-8-24)17-6-5-15(12-18(17)26)25(27,28)29/h2-6,9,12,14,19-21,34H,7-8,10-11H2,1H3,(H,30,32)/t14-,19-,20-,21+/m1/s1. The zero-order valence-electron chi connectivity index (χ0n) is 19.6. The molecular weight excluding hydrogens is 516 g/mol. The quantitative estimate of drug-likeness (QED) is 0.548. The van der Waals surface area contributed by atoms with E-state index in [0.717, 1.165) is 12.3 Å². The van der Waals surface area contributed by atoms with Crippen LogP contribution in [0.15, 0.2) is 47.4 Å². The minimum atomic E-state index is -4.76. The summed E-state index contributed by atoms with van der Waals surface area (Å²) >= 11 is 0. The number of amides is 2. The molecule has 3 fully saturated rings. The van der Waals surface area contributed by atoms with E-state index in [9.17, 15) is 40.7 Å². The molecule has 198 valence electrons. The van der Waals surface area contributed by atoms with Crippen molar-refractivity contribution in [2.75, 3.05) is 6.26 Å². The molecule has 5 rings (SSSR count). The monoisotopic (exact) mass is 540 g/mol. The smallest absolute Gasteiger partial charge is 0.387 e. The molecule has 7 nitrogen and oxygen atoms in total. The average Bonchev–Trinajstić information content (AvgIpc) is 3.73. The summed E-state index contributed by atoms with van der Waals surface area (Å²) in [5.74, 6) is -2.33. The average molecular weight is 541 g/mol. The van der Waals surface area contributed by atoms with Crippen LogP contribution in [0, 0.1) is 11.7 Å². The third kappa shape index (κ3) is 4.84. The van der Waals surface area contributed by atoms with Gasteiger partial charge in [0.25, 0.3) is 5.91 Å². The van der Waals surface area contributed by atoms with E-state index in [1.54, 1.807) is 0 Å². The number of benzene rings is 2. The van der Waals surface area contributed by atoms with Gasteiger partial charge in [-0.25, -0.2) is 12.8 Å². The van der Waals surface area contributed by atoms with Gasteiger partial charge in [-0.1, -0.05) is 12.1 Å². The molecule has 1 aliphatic heterocycles. The maximum atomic E-state index is 14.8. The van der Waals surface area contributed by atoms with Crippen molar-refractivity contribution in [2.24, 2.45) is 5.92 Å². The highest BCUT2D eigenvalue weighted by Gasteiger charge is 2.57. The molecule has 12 heteroatoms. The Balaban J connectivity index is 1.40. The Morgan fingerprint density at radius 3 is 2.43 bits per heavy atom. The molecule has 2 N–H and O–H groups in total. The summed E-state index contributed by atoms with van der Waals surface area (Å²) in [6.45, 7) is 0. The van der Waals surface area contributed by atoms with Crippen LogP contribution in [-0.2, 0) is 20.8 Å². The van der Waals surface area contributed by atoms with E-state index >= 15 is 0 Å². The van der Waals surface area contributed by atoms with Crippen LogP contribution in [0.25, 0.3) is 0 Å². The minimum Gasteiger partial charge on any atom is -0.387 e. The molecule has 0 spiro atoms. The number of halogens is 4. The van der Waals surface area contributed by atoms with Gasteiger partial charge in [0.15, 0.2) is 9.84 Å². The SMILES string of the molecule is CS(=O)(=O)c1cccc(C(=O)N2[C@@H](C(=O)N[C@@H](c3ccc(C(F)(F)F)cc3F)C3(O)CC3)C[C@H]3C[C@H]32)c1. The van der Waals surface area contributed by atoms with Crippen molar-refractivity contribution in [3.63, 3.8) is 0 Å². The highest BCUT2D eigenvalue weighted by molar-refractivity contribution is 7.90. The van der Waals surface area contributed by atoms with Gasteiger partial charge in [-0.05, 0) is 61.9 Å². The molecule has 2 aromatic rings. The lowest BCUT2D eigenvalue weighted by molar-refractivity contribution is -0.137. The van der Waals surface area contributed by atoms with Crippen LogP contribution in [0.3, 0.4) is 0 Å². The van der Waals surface area contributed by atoms with E-state index in [0.29, 0.717) is 25.0 Å². The maximum Gasteiger partial charge on any atom is 0.416 e. The predicted octanol–water partition coefficient (Wildman–Crippen LogP) is 3.23. The van der Waals surface area contributed by atoms with Gasteiger partial charge in [-0.15, -0.1) is 0 Å². The van der Waals surface area contributed by atoms with Crippen molar-refractivity contribution >= 4 is 21.7 Å². The lowest BCUT2D eigenvalue weighted by Crippen LogP contribution is -2.50. The second-order valence-corrected chi connectivity index (χ2v) is 12.1. The zero-order valence-corrected chi connectivity index (χ0v) is 20.4. The van der Waals surface area contributed by atoms with Crippen molar-refractivity contribution in [1.29, 1.82) is 0 Å². The van der Waals surface area contributed by atoms with E-state index in [-0.39, 0.29) is 40.8 Å². The summed E-state index contributed by atoms with van der Waals surface area (Å²) < 4.78 is 77.6. The first-order valence-electron chi connectivity index (χ1n) is 11.7. The van der Waals surface area contributed by atoms with Gasteiger partial charge in [-0.3, -0.25) is 9.59 Å². The topological polar surface area (TPSA) is 104 Å². The van der Waals surface area contributed by atoms with E-state index in [1.807, 2.05) is 0 Å². The normalized spacial score (nSPS) is 24.8. The Hall–Kier alpha value is -2.99. The number of likely N-dealkylation sites (tertiary alicyclic amines) is 1. The Bertz CT molecular complexity index is 1390. The van der Waals surface area contributed by atoms with Crippen LogP contribution in [0.1, 0.15) is 53.2 Å². The predicted molar refractivity (Wildman–Crippen MR) is 122 cm³/mol. The lowest BCUT2D eigenvalue weighted by atomic mass is 9.96. The molecule has 0 unspecified atom stereocenters. The highest BCUT2D eigenvalue weighted by Crippen LogP contribution is 2.50. The molecule has 3 aliphatic rings. The second-order valence-electron chi connectivity index (χ2n) is 10.1. The fraction of sp³-hybridized carbons (Fsp3) is 0.440. The van der Waals surface area contributed by atoms with Crippen LogP contribution >= 0.6 is 0 Å². The van der Waals surface area contributed by atoms with Crippen molar-refractivity contribution in [3.05, 3.63) is 65.0 Å². The number of piperidine rings is 1. The maximum absolute atomic E-state index is 14.8. The number of sulfone groups is 1. The van der Waals surface area contributed by atoms with Gasteiger partial charge in [0, 0.05) is 23.4 Å². The molecule has 0 aromatic heterocycles. The first-order valence-corrected chi connectivity index (χ1v) is 13.6. The Morgan fingerprint density at radius 2 is 1.84 bits per heavy atom. The van der Waals surface area contributed by atoms with E-state index in [1.165, 1.54) is 29.2 Å². The van der Waals surface area contributed by atoms with Gasteiger partial charge >= 0.3 is 6.18 Å². The molecule has 0 radical (unpaired) electrons. The summed E-state index contributed by atoms with van der Waals surface area (Å²) in [5, 5.41) is 13.4. The van der Waals surface area contributed by atoms with Crippen molar-refractivity contribution in [1.82, 2.24) is 10.2 Å². The van der Waals surface area contributed by atoms with Gasteiger partial charge in [0.2, 0.25) is 5.91 Å². The third-order valence-electron chi connectivity index (χ3n) is 7.38. The van der Waals surface area contributed by atoms with Crippen LogP contribution in [0.4, 0.5) is 17.6 Å². The number of alkyl halides is 3. The number of fused-ring (bicyclic) bond motifs is 1. The lowest BCUT2D eigenvalue weighted by Gasteiger charge is -2.31. The molecule has 2 amide bonds. The summed E-state index contributed by atoms with van der Waals surface area (Å²) in [7, 11) is -3.57. The van der Waals surface area contributed by atoms with Crippen LogP contribution in [0.5, 0.6) is 0 Å². The molecule has 4 atom stereocenters. The minimum absolute atomic E-state index is 0.0419. The number of nitrogens with one attached hydrogen (secondary N) is 1. The van der Waals surface area contributed by atoms with Crippen molar-refractivity contribution < 1.29 is 40.7 Å². The van der Waals surface area contributed by atoms with Gasteiger partial charge in [0.05, 0.1) is 22.1 Å². The molecule has 2 aliphatic carbocycles. The summed E-state index contributed by atoms with van der Waals surface area (Å²) in [6, 6.07) is 4.95. The molecule has 1 heterocycles. The first-order chi connectivity index (χ1) is 17.2.